The first-order valence-corrected chi connectivity index (χ1v) is 5.17. The van der Waals surface area contributed by atoms with Crippen LogP contribution in [0.15, 0.2) is 18.2 Å². The van der Waals surface area contributed by atoms with Crippen LogP contribution in [0, 0.1) is 5.82 Å². The number of rotatable bonds is 5. The number of ether oxygens (including phenoxy) is 2. The van der Waals surface area contributed by atoms with Crippen molar-refractivity contribution in [2.24, 2.45) is 0 Å². The Morgan fingerprint density at radius 3 is 2.60 bits per heavy atom. The summed E-state index contributed by atoms with van der Waals surface area (Å²) in [6, 6.07) is 4.50. The molecule has 1 aromatic rings. The highest BCUT2D eigenvalue weighted by molar-refractivity contribution is 5.35. The van der Waals surface area contributed by atoms with Gasteiger partial charge in [-0.1, -0.05) is 6.92 Å². The summed E-state index contributed by atoms with van der Waals surface area (Å²) < 4.78 is 23.8. The first kappa shape index (κ1) is 12.0. The van der Waals surface area contributed by atoms with Crippen molar-refractivity contribution >= 4 is 0 Å². The van der Waals surface area contributed by atoms with Gasteiger partial charge < -0.3 is 9.47 Å². The Kier molecular flexibility index (Phi) is 4.56. The van der Waals surface area contributed by atoms with Gasteiger partial charge in [-0.2, -0.15) is 0 Å². The highest BCUT2D eigenvalue weighted by Crippen LogP contribution is 2.30. The van der Waals surface area contributed by atoms with Crippen LogP contribution in [0.2, 0.25) is 0 Å². The average Bonchev–Trinajstić information content (AvgIpc) is 2.26. The van der Waals surface area contributed by atoms with E-state index in [1.165, 1.54) is 12.1 Å². The van der Waals surface area contributed by atoms with Gasteiger partial charge in [0.25, 0.3) is 0 Å². The van der Waals surface area contributed by atoms with Gasteiger partial charge in [-0.15, -0.1) is 0 Å². The van der Waals surface area contributed by atoms with Crippen molar-refractivity contribution in [3.63, 3.8) is 0 Å². The molecule has 0 fully saturated rings. The lowest BCUT2D eigenvalue weighted by atomic mass is 10.1. The molecule has 2 nitrogen and oxygen atoms in total. The molecule has 3 heteroatoms. The average molecular weight is 212 g/mol. The third-order valence-electron chi connectivity index (χ3n) is 2.28. The molecule has 0 aliphatic rings. The Hall–Kier alpha value is -1.09. The maximum Gasteiger partial charge on any atom is 0.124 e. The summed E-state index contributed by atoms with van der Waals surface area (Å²) in [7, 11) is 1.58. The normalized spacial score (nSPS) is 12.5. The first-order chi connectivity index (χ1) is 7.22. The van der Waals surface area contributed by atoms with Crippen molar-refractivity contribution in [1.29, 1.82) is 0 Å². The van der Waals surface area contributed by atoms with Crippen LogP contribution in [-0.2, 0) is 4.74 Å². The highest BCUT2D eigenvalue weighted by atomic mass is 19.1. The smallest absolute Gasteiger partial charge is 0.124 e. The molecular formula is C12H17FO2. The van der Waals surface area contributed by atoms with E-state index in [4.69, 9.17) is 9.47 Å². The van der Waals surface area contributed by atoms with Crippen LogP contribution in [0.25, 0.3) is 0 Å². The molecule has 1 atom stereocenters. The molecule has 0 radical (unpaired) electrons. The Balaban J connectivity index is 3.02. The minimum absolute atomic E-state index is 0.0966. The zero-order valence-corrected chi connectivity index (χ0v) is 9.42. The van der Waals surface area contributed by atoms with Gasteiger partial charge in [0.2, 0.25) is 0 Å². The van der Waals surface area contributed by atoms with E-state index in [0.29, 0.717) is 12.4 Å². The van der Waals surface area contributed by atoms with E-state index in [1.807, 2.05) is 13.8 Å². The van der Waals surface area contributed by atoms with Crippen LogP contribution in [0.5, 0.6) is 5.75 Å². The van der Waals surface area contributed by atoms with E-state index < -0.39 is 0 Å². The largest absolute Gasteiger partial charge is 0.496 e. The van der Waals surface area contributed by atoms with E-state index in [9.17, 15) is 4.39 Å². The van der Waals surface area contributed by atoms with Crippen molar-refractivity contribution in [3.05, 3.63) is 29.6 Å². The molecule has 0 aliphatic heterocycles. The topological polar surface area (TPSA) is 18.5 Å². The summed E-state index contributed by atoms with van der Waals surface area (Å²) in [6.45, 7) is 4.54. The van der Waals surface area contributed by atoms with E-state index >= 15 is 0 Å². The van der Waals surface area contributed by atoms with Crippen LogP contribution in [0.1, 0.15) is 31.9 Å². The van der Waals surface area contributed by atoms with Gasteiger partial charge in [0.15, 0.2) is 0 Å². The Labute approximate surface area is 90.0 Å². The summed E-state index contributed by atoms with van der Waals surface area (Å²) in [5.74, 6) is 0.417. The minimum Gasteiger partial charge on any atom is -0.496 e. The van der Waals surface area contributed by atoms with Crippen LogP contribution in [-0.4, -0.2) is 13.7 Å². The molecule has 0 spiro atoms. The quantitative estimate of drug-likeness (QED) is 0.745. The van der Waals surface area contributed by atoms with Crippen molar-refractivity contribution in [1.82, 2.24) is 0 Å². The minimum atomic E-state index is -0.260. The van der Waals surface area contributed by atoms with Crippen molar-refractivity contribution in [3.8, 4) is 5.75 Å². The first-order valence-electron chi connectivity index (χ1n) is 5.17. The van der Waals surface area contributed by atoms with Gasteiger partial charge in [0.05, 0.1) is 13.2 Å². The molecule has 0 aliphatic carbocycles. The van der Waals surface area contributed by atoms with Crippen LogP contribution >= 0.6 is 0 Å². The summed E-state index contributed by atoms with van der Waals surface area (Å²) in [6.07, 6.45) is 0.703. The second-order valence-electron chi connectivity index (χ2n) is 3.24. The van der Waals surface area contributed by atoms with Crippen LogP contribution < -0.4 is 4.74 Å². The molecule has 1 aromatic carbocycles. The molecule has 84 valence electrons. The van der Waals surface area contributed by atoms with Gasteiger partial charge in [-0.05, 0) is 31.5 Å². The lowest BCUT2D eigenvalue weighted by Crippen LogP contribution is -2.05. The van der Waals surface area contributed by atoms with Crippen LogP contribution in [0.3, 0.4) is 0 Å². The third kappa shape index (κ3) is 2.93. The molecule has 0 bridgehead atoms. The Bertz CT molecular complexity index is 312. The predicted molar refractivity (Wildman–Crippen MR) is 57.6 cm³/mol. The Morgan fingerprint density at radius 1 is 1.33 bits per heavy atom. The fraction of sp³-hybridized carbons (Fsp3) is 0.500. The Morgan fingerprint density at radius 2 is 2.07 bits per heavy atom. The van der Waals surface area contributed by atoms with E-state index in [0.717, 1.165) is 12.0 Å². The van der Waals surface area contributed by atoms with Crippen molar-refractivity contribution < 1.29 is 13.9 Å². The van der Waals surface area contributed by atoms with E-state index in [-0.39, 0.29) is 11.9 Å². The summed E-state index contributed by atoms with van der Waals surface area (Å²) in [4.78, 5) is 0. The lowest BCUT2D eigenvalue weighted by Gasteiger charge is -2.18. The van der Waals surface area contributed by atoms with Gasteiger partial charge in [0.1, 0.15) is 11.6 Å². The zero-order valence-electron chi connectivity index (χ0n) is 9.42. The molecule has 0 amide bonds. The molecule has 15 heavy (non-hydrogen) atoms. The number of hydrogen-bond donors (Lipinski definition) is 0. The molecule has 0 saturated heterocycles. The van der Waals surface area contributed by atoms with E-state index in [2.05, 4.69) is 0 Å². The fourth-order valence-corrected chi connectivity index (χ4v) is 1.59. The van der Waals surface area contributed by atoms with Crippen LogP contribution in [0.4, 0.5) is 4.39 Å². The summed E-state index contributed by atoms with van der Waals surface area (Å²) in [5.41, 5.74) is 0.779. The fourth-order valence-electron chi connectivity index (χ4n) is 1.59. The molecule has 0 N–H and O–H groups in total. The molecule has 0 unspecified atom stereocenters. The van der Waals surface area contributed by atoms with Crippen molar-refractivity contribution in [2.45, 2.75) is 26.4 Å². The van der Waals surface area contributed by atoms with Gasteiger partial charge in [-0.25, -0.2) is 4.39 Å². The molecular weight excluding hydrogens is 195 g/mol. The monoisotopic (exact) mass is 212 g/mol. The number of hydrogen-bond acceptors (Lipinski definition) is 2. The molecule has 0 saturated carbocycles. The number of halogens is 1. The summed E-state index contributed by atoms with van der Waals surface area (Å²) in [5, 5.41) is 0. The highest BCUT2D eigenvalue weighted by Gasteiger charge is 2.15. The lowest BCUT2D eigenvalue weighted by molar-refractivity contribution is 0.0578. The zero-order chi connectivity index (χ0) is 11.3. The van der Waals surface area contributed by atoms with Gasteiger partial charge in [0, 0.05) is 12.2 Å². The third-order valence-corrected chi connectivity index (χ3v) is 2.28. The molecule has 1 rings (SSSR count). The van der Waals surface area contributed by atoms with Crippen molar-refractivity contribution in [2.75, 3.05) is 13.7 Å². The maximum atomic E-state index is 13.1. The van der Waals surface area contributed by atoms with Gasteiger partial charge in [-0.3, -0.25) is 0 Å². The molecule has 0 heterocycles. The number of benzene rings is 1. The number of methoxy groups -OCH3 is 1. The summed E-state index contributed by atoms with van der Waals surface area (Å²) >= 11 is 0. The second-order valence-corrected chi connectivity index (χ2v) is 3.24. The predicted octanol–water partition coefficient (Wildman–Crippen LogP) is 3.32. The van der Waals surface area contributed by atoms with E-state index in [1.54, 1.807) is 13.2 Å². The van der Waals surface area contributed by atoms with Gasteiger partial charge >= 0.3 is 0 Å². The molecule has 0 aromatic heterocycles. The second kappa shape index (κ2) is 5.71. The standard InChI is InChI=1S/C12H17FO2/c1-4-11(15-5-2)10-8-9(13)6-7-12(10)14-3/h6-8,11H,4-5H2,1-3H3/t11-/m0/s1. The SMILES string of the molecule is CCO[C@@H](CC)c1cc(F)ccc1OC. The maximum absolute atomic E-state index is 13.1.